The zero-order chi connectivity index (χ0) is 16.8. The van der Waals surface area contributed by atoms with Gasteiger partial charge in [0.2, 0.25) is 0 Å². The molecule has 0 radical (unpaired) electrons. The molecule has 0 fully saturated rings. The average Bonchev–Trinajstić information content (AvgIpc) is 2.50. The van der Waals surface area contributed by atoms with Crippen molar-refractivity contribution in [3.05, 3.63) is 11.1 Å². The molecule has 0 bridgehead atoms. The fraction of sp³-hybridized carbons (Fsp3) is 0.778. The molecular formula is C18H32O4. The van der Waals surface area contributed by atoms with Gasteiger partial charge in [0.1, 0.15) is 0 Å². The minimum Gasteiger partial charge on any atom is -0.463 e. The fourth-order valence-electron chi connectivity index (χ4n) is 2.27. The normalized spacial score (nSPS) is 11.8. The van der Waals surface area contributed by atoms with E-state index in [4.69, 9.17) is 9.47 Å². The SMILES string of the molecule is CCCCCCC(C(=O)OCC)=C(CCCC)C(=O)OCC. The van der Waals surface area contributed by atoms with Crippen molar-refractivity contribution in [2.24, 2.45) is 0 Å². The molecule has 0 aliphatic carbocycles. The van der Waals surface area contributed by atoms with Gasteiger partial charge in [-0.2, -0.15) is 0 Å². The standard InChI is InChI=1S/C18H32O4/c1-5-9-11-12-14-16(18(20)22-8-4)15(13-10-6-2)17(19)21-7-3/h5-14H2,1-4H3. The Balaban J connectivity index is 5.23. The molecule has 0 spiro atoms. The summed E-state index contributed by atoms with van der Waals surface area (Å²) in [5, 5.41) is 0. The maximum absolute atomic E-state index is 12.2. The van der Waals surface area contributed by atoms with Gasteiger partial charge in [0.05, 0.1) is 13.2 Å². The van der Waals surface area contributed by atoms with Gasteiger partial charge in [-0.3, -0.25) is 0 Å². The Labute approximate surface area is 135 Å². The van der Waals surface area contributed by atoms with E-state index in [2.05, 4.69) is 13.8 Å². The molecule has 0 heterocycles. The van der Waals surface area contributed by atoms with Gasteiger partial charge < -0.3 is 9.47 Å². The molecule has 4 heteroatoms. The van der Waals surface area contributed by atoms with Crippen LogP contribution in [0.4, 0.5) is 0 Å². The molecule has 22 heavy (non-hydrogen) atoms. The fourth-order valence-corrected chi connectivity index (χ4v) is 2.27. The van der Waals surface area contributed by atoms with Crippen LogP contribution in [-0.4, -0.2) is 25.2 Å². The van der Waals surface area contributed by atoms with Crippen LogP contribution in [0.15, 0.2) is 11.1 Å². The van der Waals surface area contributed by atoms with Crippen molar-refractivity contribution < 1.29 is 19.1 Å². The van der Waals surface area contributed by atoms with Gasteiger partial charge in [-0.1, -0.05) is 39.5 Å². The second kappa shape index (κ2) is 13.4. The Morgan fingerprint density at radius 1 is 0.636 bits per heavy atom. The summed E-state index contributed by atoms with van der Waals surface area (Å²) in [6.07, 6.45) is 7.24. The highest BCUT2D eigenvalue weighted by molar-refractivity contribution is 6.00. The Morgan fingerprint density at radius 2 is 1.09 bits per heavy atom. The van der Waals surface area contributed by atoms with E-state index in [1.807, 2.05) is 0 Å². The maximum atomic E-state index is 12.2. The van der Waals surface area contributed by atoms with Crippen molar-refractivity contribution in [3.8, 4) is 0 Å². The quantitative estimate of drug-likeness (QED) is 0.301. The molecule has 0 atom stereocenters. The van der Waals surface area contributed by atoms with Crippen LogP contribution in [0.5, 0.6) is 0 Å². The van der Waals surface area contributed by atoms with E-state index in [1.54, 1.807) is 13.8 Å². The van der Waals surface area contributed by atoms with E-state index in [0.29, 0.717) is 37.2 Å². The highest BCUT2D eigenvalue weighted by atomic mass is 16.5. The summed E-state index contributed by atoms with van der Waals surface area (Å²) in [7, 11) is 0. The Morgan fingerprint density at radius 3 is 1.50 bits per heavy atom. The van der Waals surface area contributed by atoms with Crippen LogP contribution >= 0.6 is 0 Å². The molecule has 0 saturated carbocycles. The number of hydrogen-bond acceptors (Lipinski definition) is 4. The molecule has 0 aromatic rings. The third-order valence-electron chi connectivity index (χ3n) is 3.47. The molecule has 0 aliphatic heterocycles. The van der Waals surface area contributed by atoms with E-state index in [9.17, 15) is 9.59 Å². The van der Waals surface area contributed by atoms with Gasteiger partial charge in [-0.25, -0.2) is 9.59 Å². The number of carbonyl (C=O) groups excluding carboxylic acids is 2. The summed E-state index contributed by atoms with van der Waals surface area (Å²) in [4.78, 5) is 24.4. The summed E-state index contributed by atoms with van der Waals surface area (Å²) in [6, 6.07) is 0. The number of carbonyl (C=O) groups is 2. The van der Waals surface area contributed by atoms with Crippen molar-refractivity contribution >= 4 is 11.9 Å². The van der Waals surface area contributed by atoms with E-state index in [-0.39, 0.29) is 11.9 Å². The third kappa shape index (κ3) is 8.20. The van der Waals surface area contributed by atoms with Crippen molar-refractivity contribution in [1.82, 2.24) is 0 Å². The van der Waals surface area contributed by atoms with Crippen LogP contribution in [0.3, 0.4) is 0 Å². The van der Waals surface area contributed by atoms with Crippen molar-refractivity contribution in [2.45, 2.75) is 79.1 Å². The van der Waals surface area contributed by atoms with Gasteiger partial charge >= 0.3 is 11.9 Å². The van der Waals surface area contributed by atoms with Crippen molar-refractivity contribution in [2.75, 3.05) is 13.2 Å². The largest absolute Gasteiger partial charge is 0.463 e. The van der Waals surface area contributed by atoms with Crippen molar-refractivity contribution in [3.63, 3.8) is 0 Å². The minimum absolute atomic E-state index is 0.320. The lowest BCUT2D eigenvalue weighted by Gasteiger charge is -2.14. The second-order valence-corrected chi connectivity index (χ2v) is 5.31. The third-order valence-corrected chi connectivity index (χ3v) is 3.47. The first kappa shape index (κ1) is 20.7. The number of unbranched alkanes of at least 4 members (excludes halogenated alkanes) is 4. The molecule has 0 aromatic heterocycles. The number of ether oxygens (including phenoxy) is 2. The molecule has 128 valence electrons. The Kier molecular flexibility index (Phi) is 12.5. The first-order chi connectivity index (χ1) is 10.6. The summed E-state index contributed by atoms with van der Waals surface area (Å²) < 4.78 is 10.3. The molecule has 0 saturated heterocycles. The second-order valence-electron chi connectivity index (χ2n) is 5.31. The molecule has 0 aromatic carbocycles. The molecule has 0 N–H and O–H groups in total. The lowest BCUT2D eigenvalue weighted by molar-refractivity contribution is -0.142. The summed E-state index contributed by atoms with van der Waals surface area (Å²) in [5.41, 5.74) is 1.03. The molecular weight excluding hydrogens is 280 g/mol. The van der Waals surface area contributed by atoms with Gasteiger partial charge in [0, 0.05) is 11.1 Å². The summed E-state index contributed by atoms with van der Waals surface area (Å²) >= 11 is 0. The predicted octanol–water partition coefficient (Wildman–Crippen LogP) is 4.57. The monoisotopic (exact) mass is 312 g/mol. The van der Waals surface area contributed by atoms with Gasteiger partial charge in [0.25, 0.3) is 0 Å². The van der Waals surface area contributed by atoms with Gasteiger partial charge in [0.15, 0.2) is 0 Å². The lowest BCUT2D eigenvalue weighted by Crippen LogP contribution is -2.17. The first-order valence-electron chi connectivity index (χ1n) is 8.68. The number of hydrogen-bond donors (Lipinski definition) is 0. The van der Waals surface area contributed by atoms with Crippen LogP contribution in [0, 0.1) is 0 Å². The molecule has 0 amide bonds. The molecule has 4 nitrogen and oxygen atoms in total. The topological polar surface area (TPSA) is 52.6 Å². The smallest absolute Gasteiger partial charge is 0.334 e. The predicted molar refractivity (Wildman–Crippen MR) is 88.6 cm³/mol. The Bertz CT molecular complexity index is 358. The van der Waals surface area contributed by atoms with Crippen LogP contribution in [-0.2, 0) is 19.1 Å². The lowest BCUT2D eigenvalue weighted by atomic mass is 9.97. The number of rotatable bonds is 12. The average molecular weight is 312 g/mol. The molecule has 0 aliphatic rings. The van der Waals surface area contributed by atoms with Crippen LogP contribution < -0.4 is 0 Å². The summed E-state index contributed by atoms with van der Waals surface area (Å²) in [6.45, 7) is 8.41. The minimum atomic E-state index is -0.366. The van der Waals surface area contributed by atoms with Gasteiger partial charge in [-0.15, -0.1) is 0 Å². The van der Waals surface area contributed by atoms with E-state index in [1.165, 1.54) is 0 Å². The van der Waals surface area contributed by atoms with E-state index < -0.39 is 0 Å². The van der Waals surface area contributed by atoms with E-state index >= 15 is 0 Å². The zero-order valence-corrected chi connectivity index (χ0v) is 14.7. The first-order valence-corrected chi connectivity index (χ1v) is 8.68. The van der Waals surface area contributed by atoms with E-state index in [0.717, 1.165) is 38.5 Å². The number of esters is 2. The Hall–Kier alpha value is -1.32. The van der Waals surface area contributed by atoms with Crippen LogP contribution in [0.2, 0.25) is 0 Å². The van der Waals surface area contributed by atoms with Crippen LogP contribution in [0.1, 0.15) is 79.1 Å². The van der Waals surface area contributed by atoms with Crippen molar-refractivity contribution in [1.29, 1.82) is 0 Å². The van der Waals surface area contributed by atoms with Gasteiger partial charge in [-0.05, 0) is 39.5 Å². The van der Waals surface area contributed by atoms with Crippen LogP contribution in [0.25, 0.3) is 0 Å². The highest BCUT2D eigenvalue weighted by Crippen LogP contribution is 2.22. The molecule has 0 rings (SSSR count). The molecule has 0 unspecified atom stereocenters. The zero-order valence-electron chi connectivity index (χ0n) is 14.7. The summed E-state index contributed by atoms with van der Waals surface area (Å²) in [5.74, 6) is -0.729. The maximum Gasteiger partial charge on any atom is 0.334 e. The highest BCUT2D eigenvalue weighted by Gasteiger charge is 2.22.